The van der Waals surface area contributed by atoms with Gasteiger partial charge in [-0.25, -0.2) is 22.6 Å². The van der Waals surface area contributed by atoms with Gasteiger partial charge in [0.25, 0.3) is 0 Å². The molecule has 0 radical (unpaired) electrons. The fourth-order valence-corrected chi connectivity index (χ4v) is 3.77. The number of H-pyrrole nitrogens is 1. The predicted molar refractivity (Wildman–Crippen MR) is 112 cm³/mol. The number of aromatic nitrogens is 2. The van der Waals surface area contributed by atoms with Gasteiger partial charge in [0, 0.05) is 34.6 Å². The van der Waals surface area contributed by atoms with Crippen LogP contribution in [-0.4, -0.2) is 35.7 Å². The van der Waals surface area contributed by atoms with E-state index in [0.717, 1.165) is 22.8 Å². The first-order chi connectivity index (χ1) is 14.2. The number of halogens is 1. The molecule has 2 aromatic heterocycles. The molecule has 4 aromatic rings. The van der Waals surface area contributed by atoms with E-state index in [0.29, 0.717) is 22.5 Å². The molecule has 0 aliphatic heterocycles. The number of nitrogens with zero attached hydrogens (tertiary/aromatic N) is 1. The van der Waals surface area contributed by atoms with E-state index in [9.17, 15) is 17.6 Å². The Kier molecular flexibility index (Phi) is 4.75. The largest absolute Gasteiger partial charge is 0.478 e. The van der Waals surface area contributed by atoms with E-state index >= 15 is 0 Å². The smallest absolute Gasteiger partial charge is 0.338 e. The molecule has 0 unspecified atom stereocenters. The quantitative estimate of drug-likeness (QED) is 0.446. The highest BCUT2D eigenvalue weighted by Crippen LogP contribution is 2.32. The lowest BCUT2D eigenvalue weighted by Gasteiger charge is -2.07. The second-order valence-electron chi connectivity index (χ2n) is 6.77. The number of carboxylic acid groups (broad SMARTS) is 1. The second-order valence-corrected chi connectivity index (χ2v) is 8.52. The van der Waals surface area contributed by atoms with E-state index < -0.39 is 21.8 Å². The summed E-state index contributed by atoms with van der Waals surface area (Å²) in [4.78, 5) is 18.5. The van der Waals surface area contributed by atoms with Gasteiger partial charge in [-0.1, -0.05) is 18.2 Å². The van der Waals surface area contributed by atoms with Crippen LogP contribution < -0.4 is 4.72 Å². The van der Waals surface area contributed by atoms with Crippen LogP contribution in [0.2, 0.25) is 0 Å². The van der Waals surface area contributed by atoms with Crippen molar-refractivity contribution in [2.45, 2.75) is 0 Å². The van der Waals surface area contributed by atoms with Crippen molar-refractivity contribution in [1.29, 1.82) is 0 Å². The van der Waals surface area contributed by atoms with E-state index in [1.165, 1.54) is 12.1 Å². The Morgan fingerprint density at radius 1 is 1.07 bits per heavy atom. The molecule has 30 heavy (non-hydrogen) atoms. The molecule has 0 fully saturated rings. The lowest BCUT2D eigenvalue weighted by Crippen LogP contribution is -2.09. The number of carboxylic acids is 1. The lowest BCUT2D eigenvalue weighted by molar-refractivity contribution is 0.0692. The number of benzene rings is 2. The number of aromatic amines is 1. The van der Waals surface area contributed by atoms with Crippen LogP contribution in [0.25, 0.3) is 33.3 Å². The van der Waals surface area contributed by atoms with E-state index in [-0.39, 0.29) is 5.56 Å². The summed E-state index contributed by atoms with van der Waals surface area (Å²) in [5, 5.41) is 9.75. The van der Waals surface area contributed by atoms with E-state index in [2.05, 4.69) is 14.7 Å². The SMILES string of the molecule is CS(=O)(=O)Nc1ccc(-c2cnc3[nH]cc(-c4ccc(C(=O)O)c(F)c4)c3c2)cc1. The molecule has 2 aromatic carbocycles. The summed E-state index contributed by atoms with van der Waals surface area (Å²) in [6.07, 6.45) is 4.45. The van der Waals surface area contributed by atoms with Crippen LogP contribution in [0, 0.1) is 5.82 Å². The molecule has 0 bridgehead atoms. The molecule has 4 rings (SSSR count). The fourth-order valence-electron chi connectivity index (χ4n) is 3.20. The van der Waals surface area contributed by atoms with Crippen LogP contribution in [0.4, 0.5) is 10.1 Å². The first-order valence-corrected chi connectivity index (χ1v) is 10.7. The molecular weight excluding hydrogens is 409 g/mol. The van der Waals surface area contributed by atoms with Gasteiger partial charge in [-0.2, -0.15) is 0 Å². The molecule has 2 heterocycles. The zero-order chi connectivity index (χ0) is 21.5. The van der Waals surface area contributed by atoms with Crippen molar-refractivity contribution in [2.75, 3.05) is 11.0 Å². The zero-order valence-corrected chi connectivity index (χ0v) is 16.5. The highest BCUT2D eigenvalue weighted by atomic mass is 32.2. The summed E-state index contributed by atoms with van der Waals surface area (Å²) in [6, 6.07) is 12.7. The maximum atomic E-state index is 14.1. The van der Waals surface area contributed by atoms with Crippen molar-refractivity contribution >= 4 is 32.7 Å². The van der Waals surface area contributed by atoms with Crippen LogP contribution in [0.3, 0.4) is 0 Å². The summed E-state index contributed by atoms with van der Waals surface area (Å²) in [5.41, 5.74) is 3.49. The van der Waals surface area contributed by atoms with Crippen molar-refractivity contribution < 1.29 is 22.7 Å². The van der Waals surface area contributed by atoms with Gasteiger partial charge >= 0.3 is 5.97 Å². The van der Waals surface area contributed by atoms with Gasteiger partial charge in [-0.3, -0.25) is 4.72 Å². The van der Waals surface area contributed by atoms with Gasteiger partial charge in [0.05, 0.1) is 11.8 Å². The Morgan fingerprint density at radius 3 is 2.40 bits per heavy atom. The number of pyridine rings is 1. The Bertz CT molecular complexity index is 1380. The maximum Gasteiger partial charge on any atom is 0.338 e. The summed E-state index contributed by atoms with van der Waals surface area (Å²) in [7, 11) is -3.36. The Morgan fingerprint density at radius 2 is 1.77 bits per heavy atom. The average molecular weight is 425 g/mol. The molecule has 0 spiro atoms. The molecular formula is C21H16FN3O4S. The number of hydrogen-bond donors (Lipinski definition) is 3. The van der Waals surface area contributed by atoms with E-state index in [1.54, 1.807) is 42.7 Å². The van der Waals surface area contributed by atoms with Crippen molar-refractivity contribution in [3.05, 3.63) is 72.3 Å². The van der Waals surface area contributed by atoms with Crippen molar-refractivity contribution in [1.82, 2.24) is 9.97 Å². The van der Waals surface area contributed by atoms with E-state index in [1.807, 2.05) is 6.07 Å². The Hall–Kier alpha value is -3.72. The Balaban J connectivity index is 1.73. The van der Waals surface area contributed by atoms with Gasteiger partial charge < -0.3 is 10.1 Å². The van der Waals surface area contributed by atoms with Crippen molar-refractivity contribution in [3.8, 4) is 22.3 Å². The normalized spacial score (nSPS) is 11.5. The summed E-state index contributed by atoms with van der Waals surface area (Å²) >= 11 is 0. The third-order valence-electron chi connectivity index (χ3n) is 4.56. The molecule has 0 aliphatic carbocycles. The fraction of sp³-hybridized carbons (Fsp3) is 0.0476. The minimum absolute atomic E-state index is 0.389. The van der Waals surface area contributed by atoms with Gasteiger partial charge in [0.15, 0.2) is 0 Å². The molecule has 3 N–H and O–H groups in total. The molecule has 0 saturated carbocycles. The van der Waals surface area contributed by atoms with Crippen molar-refractivity contribution in [3.63, 3.8) is 0 Å². The van der Waals surface area contributed by atoms with Crippen LogP contribution in [0.1, 0.15) is 10.4 Å². The molecule has 9 heteroatoms. The van der Waals surface area contributed by atoms with Gasteiger partial charge in [-0.05, 0) is 41.5 Å². The summed E-state index contributed by atoms with van der Waals surface area (Å²) in [5.74, 6) is -2.14. The van der Waals surface area contributed by atoms with Crippen LogP contribution >= 0.6 is 0 Å². The number of hydrogen-bond acceptors (Lipinski definition) is 4. The van der Waals surface area contributed by atoms with Crippen LogP contribution in [-0.2, 0) is 10.0 Å². The molecule has 0 aliphatic rings. The monoisotopic (exact) mass is 425 g/mol. The highest BCUT2D eigenvalue weighted by molar-refractivity contribution is 7.92. The number of rotatable bonds is 5. The molecule has 0 saturated heterocycles. The molecule has 0 amide bonds. The van der Waals surface area contributed by atoms with Gasteiger partial charge in [0.1, 0.15) is 11.5 Å². The number of nitrogens with one attached hydrogen (secondary N) is 2. The van der Waals surface area contributed by atoms with Gasteiger partial charge in [-0.15, -0.1) is 0 Å². The highest BCUT2D eigenvalue weighted by Gasteiger charge is 2.14. The summed E-state index contributed by atoms with van der Waals surface area (Å²) < 4.78 is 39.2. The summed E-state index contributed by atoms with van der Waals surface area (Å²) in [6.45, 7) is 0. The first-order valence-electron chi connectivity index (χ1n) is 8.80. The third kappa shape index (κ3) is 3.87. The predicted octanol–water partition coefficient (Wildman–Crippen LogP) is 4.11. The number of anilines is 1. The Labute approximate surface area is 171 Å². The number of fused-ring (bicyclic) bond motifs is 1. The molecule has 0 atom stereocenters. The minimum Gasteiger partial charge on any atom is -0.478 e. The number of carbonyl (C=O) groups is 1. The third-order valence-corrected chi connectivity index (χ3v) is 5.17. The van der Waals surface area contributed by atoms with Crippen LogP contribution in [0.15, 0.2) is 60.9 Å². The standard InChI is InChI=1S/C21H16FN3O4S/c1-30(28,29)25-15-5-2-12(3-6-15)14-8-17-18(11-24-20(17)23-10-14)13-4-7-16(21(26)27)19(22)9-13/h2-11,25H,1H3,(H,23,24)(H,26,27). The minimum atomic E-state index is -3.36. The van der Waals surface area contributed by atoms with E-state index in [4.69, 9.17) is 5.11 Å². The topological polar surface area (TPSA) is 112 Å². The average Bonchev–Trinajstić information content (AvgIpc) is 3.10. The lowest BCUT2D eigenvalue weighted by atomic mass is 10.0. The number of sulfonamides is 1. The first kappa shape index (κ1) is 19.6. The molecule has 152 valence electrons. The molecule has 7 nitrogen and oxygen atoms in total. The number of aromatic carboxylic acids is 1. The van der Waals surface area contributed by atoms with Gasteiger partial charge in [0.2, 0.25) is 10.0 Å². The van der Waals surface area contributed by atoms with Crippen LogP contribution in [0.5, 0.6) is 0 Å². The zero-order valence-electron chi connectivity index (χ0n) is 15.7. The van der Waals surface area contributed by atoms with Crippen molar-refractivity contribution in [2.24, 2.45) is 0 Å². The maximum absolute atomic E-state index is 14.1. The second kappa shape index (κ2) is 7.27.